The van der Waals surface area contributed by atoms with E-state index in [0.717, 1.165) is 40.7 Å². The minimum atomic E-state index is 0. The van der Waals surface area contributed by atoms with Crippen molar-refractivity contribution in [1.29, 1.82) is 0 Å². The number of hydrogen-bond acceptors (Lipinski definition) is 6. The molecule has 10 heteroatoms. The van der Waals surface area contributed by atoms with Gasteiger partial charge in [-0.15, -0.1) is 34.2 Å². The van der Waals surface area contributed by atoms with Gasteiger partial charge in [-0.2, -0.15) is 0 Å². The maximum absolute atomic E-state index is 5.72. The Morgan fingerprint density at radius 2 is 1.94 bits per heavy atom. The number of nitrogens with one attached hydrogen (secondary N) is 2. The van der Waals surface area contributed by atoms with Crippen LogP contribution < -0.4 is 24.8 Å². The minimum absolute atomic E-state index is 0. The molecule has 0 radical (unpaired) electrons. The van der Waals surface area contributed by atoms with Crippen LogP contribution >= 0.6 is 24.0 Å². The molecule has 1 aliphatic rings. The van der Waals surface area contributed by atoms with Gasteiger partial charge in [0, 0.05) is 19.3 Å². The fourth-order valence-corrected chi connectivity index (χ4v) is 3.19. The maximum Gasteiger partial charge on any atom is 0.231 e. The molecule has 33 heavy (non-hydrogen) atoms. The fraction of sp³-hybridized carbons (Fsp3) is 0.348. The zero-order chi connectivity index (χ0) is 22.3. The Kier molecular flexibility index (Phi) is 8.75. The highest BCUT2D eigenvalue weighted by Crippen LogP contribution is 2.32. The smallest absolute Gasteiger partial charge is 0.231 e. The zero-order valence-electron chi connectivity index (χ0n) is 18.9. The molecular weight excluding hydrogens is 535 g/mol. The number of benzene rings is 2. The molecule has 0 spiro atoms. The summed E-state index contributed by atoms with van der Waals surface area (Å²) in [6.07, 6.45) is 2.61. The number of hydrogen-bond donors (Lipinski definition) is 2. The summed E-state index contributed by atoms with van der Waals surface area (Å²) < 4.78 is 18.4. The van der Waals surface area contributed by atoms with Crippen molar-refractivity contribution in [2.75, 3.05) is 18.7 Å². The lowest BCUT2D eigenvalue weighted by Gasteiger charge is -2.14. The lowest BCUT2D eigenvalue weighted by molar-refractivity contribution is 0.174. The average Bonchev–Trinajstić information content (AvgIpc) is 3.41. The molecule has 1 aliphatic heterocycles. The molecule has 0 aliphatic carbocycles. The number of aryl methyl sites for hydroxylation is 1. The molecule has 0 amide bonds. The second-order valence-corrected chi connectivity index (χ2v) is 7.70. The molecule has 0 atom stereocenters. The highest BCUT2D eigenvalue weighted by Gasteiger charge is 2.13. The van der Waals surface area contributed by atoms with E-state index in [0.29, 0.717) is 19.0 Å². The van der Waals surface area contributed by atoms with Gasteiger partial charge in [0.25, 0.3) is 0 Å². The molecule has 9 nitrogen and oxygen atoms in total. The van der Waals surface area contributed by atoms with Crippen LogP contribution in [-0.4, -0.2) is 40.2 Å². The topological polar surface area (TPSA) is 94.8 Å². The van der Waals surface area contributed by atoms with E-state index in [1.165, 1.54) is 0 Å². The average molecular weight is 564 g/mol. The standard InChI is InChI=1S/C23H28N6O3.HI/c1-16(2)32-19-7-5-18(6-8-19)27-23(25-13-22-28-26-14-29(22)3)24-11-10-17-4-9-20-21(12-17)31-15-30-20;/h4-9,12,14,16H,10-11,13,15H2,1-3H3,(H2,24,25,27);1H. The van der Waals surface area contributed by atoms with Gasteiger partial charge in [0.1, 0.15) is 18.6 Å². The molecule has 176 valence electrons. The Morgan fingerprint density at radius 3 is 2.67 bits per heavy atom. The third-order valence-electron chi connectivity index (χ3n) is 4.82. The minimum Gasteiger partial charge on any atom is -0.491 e. The normalized spacial score (nSPS) is 12.4. The lowest BCUT2D eigenvalue weighted by Crippen LogP contribution is -2.32. The van der Waals surface area contributed by atoms with Crippen LogP contribution in [0.15, 0.2) is 53.8 Å². The molecule has 0 bridgehead atoms. The fourth-order valence-electron chi connectivity index (χ4n) is 3.19. The highest BCUT2D eigenvalue weighted by molar-refractivity contribution is 14.0. The molecule has 3 aromatic rings. The van der Waals surface area contributed by atoms with E-state index in [1.54, 1.807) is 6.33 Å². The van der Waals surface area contributed by atoms with Crippen molar-refractivity contribution < 1.29 is 14.2 Å². The monoisotopic (exact) mass is 564 g/mol. The van der Waals surface area contributed by atoms with E-state index < -0.39 is 0 Å². The Balaban J connectivity index is 0.00000306. The summed E-state index contributed by atoms with van der Waals surface area (Å²) in [6, 6.07) is 13.8. The van der Waals surface area contributed by atoms with E-state index in [2.05, 4.69) is 25.8 Å². The SMILES string of the molecule is CC(C)Oc1ccc(NC(=NCc2nncn2C)NCCc2ccc3c(c2)OCO3)cc1.I. The van der Waals surface area contributed by atoms with Gasteiger partial charge < -0.3 is 29.4 Å². The van der Waals surface area contributed by atoms with E-state index in [9.17, 15) is 0 Å². The van der Waals surface area contributed by atoms with Gasteiger partial charge in [-0.25, -0.2) is 4.99 Å². The van der Waals surface area contributed by atoms with Crippen molar-refractivity contribution in [3.8, 4) is 17.2 Å². The number of fused-ring (bicyclic) bond motifs is 1. The molecule has 2 aromatic carbocycles. The van der Waals surface area contributed by atoms with Crippen molar-refractivity contribution in [3.05, 3.63) is 60.2 Å². The van der Waals surface area contributed by atoms with E-state index in [1.807, 2.05) is 67.9 Å². The summed E-state index contributed by atoms with van der Waals surface area (Å²) >= 11 is 0. The molecule has 0 saturated carbocycles. The third-order valence-corrected chi connectivity index (χ3v) is 4.82. The quantitative estimate of drug-likeness (QED) is 0.245. The van der Waals surface area contributed by atoms with Gasteiger partial charge in [-0.3, -0.25) is 0 Å². The third kappa shape index (κ3) is 6.98. The summed E-state index contributed by atoms with van der Waals surface area (Å²) in [7, 11) is 1.90. The van der Waals surface area contributed by atoms with Crippen molar-refractivity contribution >= 4 is 35.6 Å². The second kappa shape index (κ2) is 11.7. The first kappa shape index (κ1) is 24.6. The van der Waals surface area contributed by atoms with Gasteiger partial charge in [-0.1, -0.05) is 6.07 Å². The number of aliphatic imine (C=N–C) groups is 1. The predicted molar refractivity (Wildman–Crippen MR) is 138 cm³/mol. The largest absolute Gasteiger partial charge is 0.491 e. The summed E-state index contributed by atoms with van der Waals surface area (Å²) in [5.74, 6) is 3.85. The van der Waals surface area contributed by atoms with Gasteiger partial charge in [0.15, 0.2) is 23.3 Å². The van der Waals surface area contributed by atoms with Gasteiger partial charge in [0.2, 0.25) is 6.79 Å². The molecule has 0 unspecified atom stereocenters. The van der Waals surface area contributed by atoms with E-state index in [4.69, 9.17) is 14.2 Å². The van der Waals surface area contributed by atoms with E-state index in [-0.39, 0.29) is 36.9 Å². The molecule has 2 heterocycles. The molecular formula is C23H29IN6O3. The first-order valence-corrected chi connectivity index (χ1v) is 10.6. The van der Waals surface area contributed by atoms with Crippen LogP contribution in [0.4, 0.5) is 5.69 Å². The van der Waals surface area contributed by atoms with Crippen LogP contribution in [0, 0.1) is 0 Å². The molecule has 0 saturated heterocycles. The van der Waals surface area contributed by atoms with Crippen LogP contribution in [0.5, 0.6) is 17.2 Å². The Labute approximate surface area is 210 Å². The second-order valence-electron chi connectivity index (χ2n) is 7.70. The van der Waals surface area contributed by atoms with Crippen molar-refractivity contribution in [2.24, 2.45) is 12.0 Å². The van der Waals surface area contributed by atoms with Crippen LogP contribution in [0.2, 0.25) is 0 Å². The van der Waals surface area contributed by atoms with E-state index >= 15 is 0 Å². The Morgan fingerprint density at radius 1 is 1.15 bits per heavy atom. The number of ether oxygens (including phenoxy) is 3. The van der Waals surface area contributed by atoms with Gasteiger partial charge in [-0.05, 0) is 62.2 Å². The lowest BCUT2D eigenvalue weighted by atomic mass is 10.1. The number of aromatic nitrogens is 3. The summed E-state index contributed by atoms with van der Waals surface area (Å²) in [6.45, 7) is 5.39. The predicted octanol–water partition coefficient (Wildman–Crippen LogP) is 3.75. The summed E-state index contributed by atoms with van der Waals surface area (Å²) in [5, 5.41) is 14.8. The number of rotatable bonds is 8. The summed E-state index contributed by atoms with van der Waals surface area (Å²) in [4.78, 5) is 4.68. The molecule has 1 aromatic heterocycles. The number of halogens is 1. The van der Waals surface area contributed by atoms with Crippen molar-refractivity contribution in [3.63, 3.8) is 0 Å². The molecule has 2 N–H and O–H groups in total. The van der Waals surface area contributed by atoms with Crippen LogP contribution in [0.25, 0.3) is 0 Å². The number of guanidine groups is 1. The first-order valence-electron chi connectivity index (χ1n) is 10.6. The van der Waals surface area contributed by atoms with Crippen LogP contribution in [0.3, 0.4) is 0 Å². The van der Waals surface area contributed by atoms with Crippen LogP contribution in [0.1, 0.15) is 25.2 Å². The van der Waals surface area contributed by atoms with Crippen LogP contribution in [-0.2, 0) is 20.0 Å². The zero-order valence-corrected chi connectivity index (χ0v) is 21.3. The van der Waals surface area contributed by atoms with Gasteiger partial charge >= 0.3 is 0 Å². The van der Waals surface area contributed by atoms with Crippen molar-refractivity contribution in [1.82, 2.24) is 20.1 Å². The number of nitrogens with zero attached hydrogens (tertiary/aromatic N) is 4. The van der Waals surface area contributed by atoms with Gasteiger partial charge in [0.05, 0.1) is 6.10 Å². The molecule has 4 rings (SSSR count). The Hall–Kier alpha value is -3.02. The molecule has 0 fully saturated rings. The Bertz CT molecular complexity index is 1070. The first-order chi connectivity index (χ1) is 15.6. The highest BCUT2D eigenvalue weighted by atomic mass is 127. The summed E-state index contributed by atoms with van der Waals surface area (Å²) in [5.41, 5.74) is 2.07. The van der Waals surface area contributed by atoms with Crippen molar-refractivity contribution in [2.45, 2.75) is 32.9 Å². The number of anilines is 1. The maximum atomic E-state index is 5.72.